The molecule has 2 unspecified atom stereocenters. The number of carbonyl (C=O) groups is 1. The van der Waals surface area contributed by atoms with Crippen molar-refractivity contribution in [2.24, 2.45) is 0 Å². The van der Waals surface area contributed by atoms with Gasteiger partial charge in [-0.1, -0.05) is 11.3 Å². The average Bonchev–Trinajstić information content (AvgIpc) is 2.95. The van der Waals surface area contributed by atoms with Crippen LogP contribution in [0.25, 0.3) is 0 Å². The summed E-state index contributed by atoms with van der Waals surface area (Å²) in [5.74, 6) is -0.315. The Morgan fingerprint density at radius 1 is 1.53 bits per heavy atom. The number of rotatable bonds is 2. The molecule has 5 nitrogen and oxygen atoms in total. The van der Waals surface area contributed by atoms with Crippen molar-refractivity contribution in [3.8, 4) is 0 Å². The Bertz CT molecular complexity index is 422. The normalized spacial score (nSPS) is 27.2. The van der Waals surface area contributed by atoms with Gasteiger partial charge in [0.15, 0.2) is 5.13 Å². The second kappa shape index (κ2) is 4.27. The smallest absolute Gasteiger partial charge is 0.349 e. The number of aromatic nitrogens is 1. The van der Waals surface area contributed by atoms with Crippen molar-refractivity contribution >= 4 is 22.4 Å². The van der Waals surface area contributed by atoms with E-state index in [1.807, 2.05) is 0 Å². The minimum atomic E-state index is -0.315. The van der Waals surface area contributed by atoms with Crippen molar-refractivity contribution in [3.63, 3.8) is 0 Å². The highest BCUT2D eigenvalue weighted by Crippen LogP contribution is 2.31. The Labute approximate surface area is 103 Å². The molecule has 1 aromatic rings. The maximum atomic E-state index is 11.4. The number of anilines is 1. The van der Waals surface area contributed by atoms with E-state index in [0.717, 1.165) is 31.1 Å². The number of methoxy groups -OCH3 is 1. The summed E-state index contributed by atoms with van der Waals surface area (Å²) in [4.78, 5) is 18.4. The van der Waals surface area contributed by atoms with Gasteiger partial charge in [-0.3, -0.25) is 0 Å². The highest BCUT2D eigenvalue weighted by molar-refractivity contribution is 7.17. The van der Waals surface area contributed by atoms with Gasteiger partial charge in [0.05, 0.1) is 25.5 Å². The van der Waals surface area contributed by atoms with E-state index in [4.69, 9.17) is 4.74 Å². The number of carbonyl (C=O) groups excluding carboxylic acids is 1. The van der Waals surface area contributed by atoms with Crippen LogP contribution >= 0.6 is 11.3 Å². The van der Waals surface area contributed by atoms with Gasteiger partial charge in [0.2, 0.25) is 0 Å². The third-order valence-corrected chi connectivity index (χ3v) is 4.23. The first-order valence-electron chi connectivity index (χ1n) is 5.71. The minimum Gasteiger partial charge on any atom is -0.465 e. The number of hydrogen-bond donors (Lipinski definition) is 0. The second-order valence-corrected chi connectivity index (χ2v) is 5.37. The molecule has 2 fully saturated rings. The first-order valence-corrected chi connectivity index (χ1v) is 6.52. The summed E-state index contributed by atoms with van der Waals surface area (Å²) in [6.45, 7) is 1.76. The van der Waals surface area contributed by atoms with E-state index in [2.05, 4.69) is 14.6 Å². The van der Waals surface area contributed by atoms with Crippen molar-refractivity contribution in [2.45, 2.75) is 25.0 Å². The lowest BCUT2D eigenvalue weighted by Gasteiger charge is -2.31. The quantitative estimate of drug-likeness (QED) is 0.745. The molecule has 17 heavy (non-hydrogen) atoms. The van der Waals surface area contributed by atoms with Crippen LogP contribution in [0, 0.1) is 0 Å². The van der Waals surface area contributed by atoms with Crippen LogP contribution in [0.2, 0.25) is 0 Å². The van der Waals surface area contributed by atoms with E-state index in [0.29, 0.717) is 17.1 Å². The van der Waals surface area contributed by atoms with Gasteiger partial charge in [0.1, 0.15) is 4.88 Å². The highest BCUT2D eigenvalue weighted by atomic mass is 32.1. The molecule has 0 aliphatic carbocycles. The molecular weight excluding hydrogens is 240 g/mol. The van der Waals surface area contributed by atoms with Crippen LogP contribution in [0.15, 0.2) is 6.20 Å². The van der Waals surface area contributed by atoms with Gasteiger partial charge in [-0.05, 0) is 12.8 Å². The van der Waals surface area contributed by atoms with Crippen LogP contribution in [-0.2, 0) is 9.47 Å². The molecule has 0 N–H and O–H groups in total. The van der Waals surface area contributed by atoms with Gasteiger partial charge in [0.25, 0.3) is 0 Å². The van der Waals surface area contributed by atoms with Crippen molar-refractivity contribution in [1.82, 2.24) is 4.98 Å². The lowest BCUT2D eigenvalue weighted by Crippen LogP contribution is -2.42. The van der Waals surface area contributed by atoms with Crippen LogP contribution in [0.5, 0.6) is 0 Å². The van der Waals surface area contributed by atoms with Gasteiger partial charge in [-0.25, -0.2) is 9.78 Å². The van der Waals surface area contributed by atoms with Crippen molar-refractivity contribution < 1.29 is 14.3 Å². The van der Waals surface area contributed by atoms with E-state index in [-0.39, 0.29) is 5.97 Å². The molecule has 0 spiro atoms. The molecule has 1 aromatic heterocycles. The summed E-state index contributed by atoms with van der Waals surface area (Å²) in [6, 6.07) is 0. The predicted molar refractivity (Wildman–Crippen MR) is 63.6 cm³/mol. The summed E-state index contributed by atoms with van der Waals surface area (Å²) < 4.78 is 10.4. The number of esters is 1. The SMILES string of the molecule is COC(=O)c1cnc(N2CC3CCC(C2)O3)s1. The molecule has 6 heteroatoms. The zero-order valence-electron chi connectivity index (χ0n) is 9.59. The zero-order chi connectivity index (χ0) is 11.8. The molecule has 0 saturated carbocycles. The third-order valence-electron chi connectivity index (χ3n) is 3.19. The topological polar surface area (TPSA) is 51.7 Å². The Morgan fingerprint density at radius 3 is 2.88 bits per heavy atom. The number of nitrogens with zero attached hydrogens (tertiary/aromatic N) is 2. The largest absolute Gasteiger partial charge is 0.465 e. The second-order valence-electron chi connectivity index (χ2n) is 4.36. The number of thiazole rings is 1. The molecule has 2 bridgehead atoms. The van der Waals surface area contributed by atoms with Crippen LogP contribution in [0.3, 0.4) is 0 Å². The minimum absolute atomic E-state index is 0.315. The number of hydrogen-bond acceptors (Lipinski definition) is 6. The molecule has 2 aliphatic rings. The van der Waals surface area contributed by atoms with E-state index in [1.165, 1.54) is 18.4 Å². The summed E-state index contributed by atoms with van der Waals surface area (Å²) in [7, 11) is 1.39. The lowest BCUT2D eigenvalue weighted by atomic mass is 10.2. The molecule has 3 heterocycles. The summed E-state index contributed by atoms with van der Waals surface area (Å²) >= 11 is 1.39. The Balaban J connectivity index is 1.76. The van der Waals surface area contributed by atoms with Crippen molar-refractivity contribution in [2.75, 3.05) is 25.1 Å². The summed E-state index contributed by atoms with van der Waals surface area (Å²) in [6.07, 6.45) is 4.52. The van der Waals surface area contributed by atoms with Gasteiger partial charge in [0, 0.05) is 13.1 Å². The molecule has 2 aliphatic heterocycles. The number of morpholine rings is 1. The molecular formula is C11H14N2O3S. The van der Waals surface area contributed by atoms with Gasteiger partial charge >= 0.3 is 5.97 Å². The van der Waals surface area contributed by atoms with E-state index in [9.17, 15) is 4.79 Å². The monoisotopic (exact) mass is 254 g/mol. The maximum absolute atomic E-state index is 11.4. The fraction of sp³-hybridized carbons (Fsp3) is 0.636. The Hall–Kier alpha value is -1.14. The van der Waals surface area contributed by atoms with Crippen LogP contribution in [0.1, 0.15) is 22.5 Å². The van der Waals surface area contributed by atoms with Crippen LogP contribution in [-0.4, -0.2) is 43.4 Å². The zero-order valence-corrected chi connectivity index (χ0v) is 10.4. The molecule has 2 saturated heterocycles. The van der Waals surface area contributed by atoms with Gasteiger partial charge < -0.3 is 14.4 Å². The first kappa shape index (κ1) is 11.0. The standard InChI is InChI=1S/C11H14N2O3S/c1-15-10(14)9-4-12-11(17-9)13-5-7-2-3-8(6-13)16-7/h4,7-8H,2-3,5-6H2,1H3. The van der Waals surface area contributed by atoms with Crippen LogP contribution < -0.4 is 4.90 Å². The van der Waals surface area contributed by atoms with Gasteiger partial charge in [-0.2, -0.15) is 0 Å². The molecule has 0 amide bonds. The fourth-order valence-corrected chi connectivity index (χ4v) is 3.23. The predicted octanol–water partition coefficient (Wildman–Crippen LogP) is 1.30. The lowest BCUT2D eigenvalue weighted by molar-refractivity contribution is 0.0305. The summed E-state index contributed by atoms with van der Waals surface area (Å²) in [5, 5.41) is 0.894. The van der Waals surface area contributed by atoms with Crippen LogP contribution in [0.4, 0.5) is 5.13 Å². The fourth-order valence-electron chi connectivity index (χ4n) is 2.38. The molecule has 92 valence electrons. The average molecular weight is 254 g/mol. The molecule has 3 rings (SSSR count). The first-order chi connectivity index (χ1) is 8.26. The van der Waals surface area contributed by atoms with Crippen molar-refractivity contribution in [3.05, 3.63) is 11.1 Å². The number of ether oxygens (including phenoxy) is 2. The van der Waals surface area contributed by atoms with Crippen molar-refractivity contribution in [1.29, 1.82) is 0 Å². The molecule has 0 radical (unpaired) electrons. The van der Waals surface area contributed by atoms with Gasteiger partial charge in [-0.15, -0.1) is 0 Å². The summed E-state index contributed by atoms with van der Waals surface area (Å²) in [5.41, 5.74) is 0. The van der Waals surface area contributed by atoms with E-state index in [1.54, 1.807) is 6.20 Å². The number of fused-ring (bicyclic) bond motifs is 2. The molecule has 2 atom stereocenters. The highest BCUT2D eigenvalue weighted by Gasteiger charge is 2.34. The Kier molecular flexibility index (Phi) is 2.76. The Morgan fingerprint density at radius 2 is 2.24 bits per heavy atom. The van der Waals surface area contributed by atoms with E-state index < -0.39 is 0 Å². The van der Waals surface area contributed by atoms with E-state index >= 15 is 0 Å². The third kappa shape index (κ3) is 2.02. The molecule has 0 aromatic carbocycles. The maximum Gasteiger partial charge on any atom is 0.349 e.